The Balaban J connectivity index is 1.96. The van der Waals surface area contributed by atoms with Crippen molar-refractivity contribution in [1.82, 2.24) is 15.1 Å². The first kappa shape index (κ1) is 12.7. The number of halogens is 1. The molecule has 1 fully saturated rings. The van der Waals surface area contributed by atoms with Crippen LogP contribution in [0.4, 0.5) is 0 Å². The van der Waals surface area contributed by atoms with E-state index in [2.05, 4.69) is 28.7 Å². The third-order valence-electron chi connectivity index (χ3n) is 3.53. The van der Waals surface area contributed by atoms with Crippen LogP contribution < -0.4 is 5.32 Å². The van der Waals surface area contributed by atoms with Gasteiger partial charge < -0.3 is 5.32 Å². The lowest BCUT2D eigenvalue weighted by Gasteiger charge is -2.10. The monoisotopic (exact) mass is 275 g/mol. The van der Waals surface area contributed by atoms with E-state index in [1.54, 1.807) is 0 Å². The molecule has 3 nitrogen and oxygen atoms in total. The van der Waals surface area contributed by atoms with Crippen molar-refractivity contribution in [2.45, 2.75) is 32.4 Å². The standard InChI is InChI=1S/C15H18ClN3/c1-10-15(9-19(2)18-10)14-6-3-12(16)7-11(14)8-17-13-4-5-13/h3,6-7,9,13,17H,4-5,8H2,1-2H3. The van der Waals surface area contributed by atoms with Crippen molar-refractivity contribution in [3.63, 3.8) is 0 Å². The summed E-state index contributed by atoms with van der Waals surface area (Å²) in [5.41, 5.74) is 4.71. The molecule has 1 aromatic carbocycles. The average Bonchev–Trinajstić information content (AvgIpc) is 3.12. The Morgan fingerprint density at radius 2 is 2.16 bits per heavy atom. The predicted molar refractivity (Wildman–Crippen MR) is 78.3 cm³/mol. The fraction of sp³-hybridized carbons (Fsp3) is 0.400. The van der Waals surface area contributed by atoms with Gasteiger partial charge in [0, 0.05) is 36.4 Å². The minimum Gasteiger partial charge on any atom is -0.310 e. The molecule has 4 heteroatoms. The Morgan fingerprint density at radius 1 is 1.37 bits per heavy atom. The van der Waals surface area contributed by atoms with E-state index < -0.39 is 0 Å². The van der Waals surface area contributed by atoms with Crippen LogP contribution in [0, 0.1) is 6.92 Å². The molecule has 0 bridgehead atoms. The molecule has 0 amide bonds. The van der Waals surface area contributed by atoms with E-state index in [9.17, 15) is 0 Å². The lowest BCUT2D eigenvalue weighted by atomic mass is 10.0. The summed E-state index contributed by atoms with van der Waals surface area (Å²) in [5.74, 6) is 0. The zero-order valence-corrected chi connectivity index (χ0v) is 12.0. The van der Waals surface area contributed by atoms with Crippen molar-refractivity contribution in [3.8, 4) is 11.1 Å². The highest BCUT2D eigenvalue weighted by molar-refractivity contribution is 6.30. The Bertz CT molecular complexity index is 599. The summed E-state index contributed by atoms with van der Waals surface area (Å²) in [7, 11) is 1.95. The Hall–Kier alpha value is -1.32. The highest BCUT2D eigenvalue weighted by atomic mass is 35.5. The molecule has 0 saturated heterocycles. The van der Waals surface area contributed by atoms with Gasteiger partial charge in [0.2, 0.25) is 0 Å². The van der Waals surface area contributed by atoms with Crippen LogP contribution >= 0.6 is 11.6 Å². The molecular formula is C15H18ClN3. The molecule has 3 rings (SSSR count). The lowest BCUT2D eigenvalue weighted by Crippen LogP contribution is -2.15. The van der Waals surface area contributed by atoms with E-state index in [-0.39, 0.29) is 0 Å². The molecule has 1 N–H and O–H groups in total. The highest BCUT2D eigenvalue weighted by Crippen LogP contribution is 2.29. The smallest absolute Gasteiger partial charge is 0.0672 e. The first-order chi connectivity index (χ1) is 9.13. The molecule has 0 atom stereocenters. The zero-order valence-electron chi connectivity index (χ0n) is 11.3. The van der Waals surface area contributed by atoms with E-state index in [0.717, 1.165) is 17.3 Å². The number of rotatable bonds is 4. The summed E-state index contributed by atoms with van der Waals surface area (Å²) in [6, 6.07) is 6.79. The number of aryl methyl sites for hydroxylation is 2. The van der Waals surface area contributed by atoms with E-state index in [4.69, 9.17) is 11.6 Å². The molecule has 1 heterocycles. The van der Waals surface area contributed by atoms with E-state index in [0.29, 0.717) is 6.04 Å². The minimum atomic E-state index is 0.696. The maximum absolute atomic E-state index is 6.13. The summed E-state index contributed by atoms with van der Waals surface area (Å²) >= 11 is 6.13. The molecule has 0 aliphatic heterocycles. The van der Waals surface area contributed by atoms with Gasteiger partial charge in [0.05, 0.1) is 5.69 Å². The van der Waals surface area contributed by atoms with Crippen molar-refractivity contribution in [1.29, 1.82) is 0 Å². The maximum atomic E-state index is 6.13. The molecule has 1 aromatic heterocycles. The van der Waals surface area contributed by atoms with Gasteiger partial charge in [-0.1, -0.05) is 17.7 Å². The first-order valence-electron chi connectivity index (χ1n) is 6.66. The summed E-state index contributed by atoms with van der Waals surface area (Å²) in [5, 5.41) is 8.76. The Morgan fingerprint density at radius 3 is 2.79 bits per heavy atom. The van der Waals surface area contributed by atoms with Crippen molar-refractivity contribution in [2.24, 2.45) is 7.05 Å². The van der Waals surface area contributed by atoms with Crippen molar-refractivity contribution in [2.75, 3.05) is 0 Å². The predicted octanol–water partition coefficient (Wildman–Crippen LogP) is 3.30. The third kappa shape index (κ3) is 2.82. The second-order valence-electron chi connectivity index (χ2n) is 5.26. The van der Waals surface area contributed by atoms with Gasteiger partial charge in [0.1, 0.15) is 0 Å². The topological polar surface area (TPSA) is 29.9 Å². The fourth-order valence-corrected chi connectivity index (χ4v) is 2.57. The molecule has 0 unspecified atom stereocenters. The second kappa shape index (κ2) is 4.99. The van der Waals surface area contributed by atoms with Crippen LogP contribution in [0.2, 0.25) is 5.02 Å². The molecule has 0 spiro atoms. The zero-order chi connectivity index (χ0) is 13.4. The van der Waals surface area contributed by atoms with Crippen LogP contribution in [-0.2, 0) is 13.6 Å². The second-order valence-corrected chi connectivity index (χ2v) is 5.69. The number of nitrogens with zero attached hydrogens (tertiary/aromatic N) is 2. The maximum Gasteiger partial charge on any atom is 0.0672 e. The van der Waals surface area contributed by atoms with Crippen LogP contribution in [0.15, 0.2) is 24.4 Å². The molecule has 2 aromatic rings. The Kier molecular flexibility index (Phi) is 3.33. The summed E-state index contributed by atoms with van der Waals surface area (Å²) in [6.45, 7) is 2.91. The third-order valence-corrected chi connectivity index (χ3v) is 3.76. The number of hydrogen-bond donors (Lipinski definition) is 1. The van der Waals surface area contributed by atoms with Crippen LogP contribution in [0.1, 0.15) is 24.1 Å². The van der Waals surface area contributed by atoms with Gasteiger partial charge in [-0.2, -0.15) is 5.10 Å². The SMILES string of the molecule is Cc1nn(C)cc1-c1ccc(Cl)cc1CNC1CC1. The van der Waals surface area contributed by atoms with Crippen LogP contribution in [0.3, 0.4) is 0 Å². The van der Waals surface area contributed by atoms with Crippen molar-refractivity contribution in [3.05, 3.63) is 40.7 Å². The van der Waals surface area contributed by atoms with Crippen molar-refractivity contribution < 1.29 is 0 Å². The number of nitrogens with one attached hydrogen (secondary N) is 1. The molecule has 1 aliphatic carbocycles. The van der Waals surface area contributed by atoms with E-state index >= 15 is 0 Å². The van der Waals surface area contributed by atoms with Gasteiger partial charge in [-0.3, -0.25) is 4.68 Å². The molecule has 100 valence electrons. The number of aromatic nitrogens is 2. The highest BCUT2D eigenvalue weighted by Gasteiger charge is 2.21. The minimum absolute atomic E-state index is 0.696. The lowest BCUT2D eigenvalue weighted by molar-refractivity contribution is 0.689. The van der Waals surface area contributed by atoms with Crippen LogP contribution in [0.25, 0.3) is 11.1 Å². The van der Waals surface area contributed by atoms with Gasteiger partial charge in [-0.15, -0.1) is 0 Å². The number of benzene rings is 1. The van der Waals surface area contributed by atoms with Gasteiger partial charge in [-0.05, 0) is 43.0 Å². The molecule has 19 heavy (non-hydrogen) atoms. The average molecular weight is 276 g/mol. The summed E-state index contributed by atoms with van der Waals surface area (Å²) in [6.07, 6.45) is 4.66. The fourth-order valence-electron chi connectivity index (χ4n) is 2.38. The van der Waals surface area contributed by atoms with E-state index in [1.807, 2.05) is 24.7 Å². The van der Waals surface area contributed by atoms with Gasteiger partial charge in [0.15, 0.2) is 0 Å². The summed E-state index contributed by atoms with van der Waals surface area (Å²) in [4.78, 5) is 0. The molecular weight excluding hydrogens is 258 g/mol. The molecule has 1 saturated carbocycles. The van der Waals surface area contributed by atoms with Crippen LogP contribution in [-0.4, -0.2) is 15.8 Å². The molecule has 0 radical (unpaired) electrons. The quantitative estimate of drug-likeness (QED) is 0.928. The number of hydrogen-bond acceptors (Lipinski definition) is 2. The summed E-state index contributed by atoms with van der Waals surface area (Å²) < 4.78 is 1.86. The van der Waals surface area contributed by atoms with E-state index in [1.165, 1.54) is 29.5 Å². The normalized spacial score (nSPS) is 14.9. The van der Waals surface area contributed by atoms with Gasteiger partial charge in [0.25, 0.3) is 0 Å². The first-order valence-corrected chi connectivity index (χ1v) is 7.03. The van der Waals surface area contributed by atoms with Gasteiger partial charge in [-0.25, -0.2) is 0 Å². The van der Waals surface area contributed by atoms with Crippen molar-refractivity contribution >= 4 is 11.6 Å². The Labute approximate surface area is 118 Å². The molecule has 1 aliphatic rings. The van der Waals surface area contributed by atoms with Gasteiger partial charge >= 0.3 is 0 Å². The van der Waals surface area contributed by atoms with Crippen LogP contribution in [0.5, 0.6) is 0 Å². The largest absolute Gasteiger partial charge is 0.310 e.